The molecule has 0 aliphatic carbocycles. The molecule has 17 heteroatoms. The number of hydrogen-bond acceptors (Lipinski definition) is 10. The summed E-state index contributed by atoms with van der Waals surface area (Å²) in [6.07, 6.45) is 0.741. The van der Waals surface area contributed by atoms with Crippen LogP contribution in [-0.4, -0.2) is 95.1 Å². The van der Waals surface area contributed by atoms with Crippen molar-refractivity contribution < 1.29 is 38.7 Å². The van der Waals surface area contributed by atoms with E-state index in [0.717, 1.165) is 0 Å². The molecule has 0 aromatic rings. The predicted molar refractivity (Wildman–Crippen MR) is 152 cm³/mol. The molecule has 0 aromatic carbocycles. The minimum Gasteiger partial charge on any atom is -0.480 e. The van der Waals surface area contributed by atoms with Crippen molar-refractivity contribution in [2.75, 3.05) is 12.3 Å². The average Bonchev–Trinajstić information content (AvgIpc) is 2.88. The van der Waals surface area contributed by atoms with Gasteiger partial charge < -0.3 is 48.9 Å². The van der Waals surface area contributed by atoms with Gasteiger partial charge in [-0.3, -0.25) is 28.8 Å². The summed E-state index contributed by atoms with van der Waals surface area (Å²) in [6, 6.07) is -7.10. The van der Waals surface area contributed by atoms with Crippen LogP contribution in [0.3, 0.4) is 0 Å². The highest BCUT2D eigenvalue weighted by atomic mass is 32.1. The van der Waals surface area contributed by atoms with Crippen LogP contribution in [0.15, 0.2) is 0 Å². The van der Waals surface area contributed by atoms with E-state index in [1.54, 1.807) is 13.8 Å². The normalized spacial score (nSPS) is 15.3. The van der Waals surface area contributed by atoms with Gasteiger partial charge in [0.15, 0.2) is 0 Å². The second-order valence-corrected chi connectivity index (χ2v) is 10.3. The summed E-state index contributed by atoms with van der Waals surface area (Å²) in [4.78, 5) is 85.9. The number of carbonyl (C=O) groups excluding carboxylic acids is 6. The van der Waals surface area contributed by atoms with Crippen molar-refractivity contribution >= 4 is 54.0 Å². The fourth-order valence-electron chi connectivity index (χ4n) is 3.38. The summed E-state index contributed by atoms with van der Waals surface area (Å²) in [6.45, 7) is 6.16. The van der Waals surface area contributed by atoms with Gasteiger partial charge in [-0.25, -0.2) is 4.79 Å². The van der Waals surface area contributed by atoms with E-state index in [0.29, 0.717) is 19.4 Å². The van der Waals surface area contributed by atoms with Crippen LogP contribution in [0.4, 0.5) is 0 Å². The summed E-state index contributed by atoms with van der Waals surface area (Å²) >= 11 is 3.97. The maximum atomic E-state index is 12.8. The summed E-state index contributed by atoms with van der Waals surface area (Å²) in [7, 11) is 0. The third-order valence-corrected chi connectivity index (χ3v) is 6.28. The number of carboxylic acids is 1. The molecule has 0 fully saturated rings. The molecule has 0 heterocycles. The maximum Gasteiger partial charge on any atom is 0.326 e. The van der Waals surface area contributed by atoms with E-state index in [1.165, 1.54) is 13.8 Å². The number of aliphatic carboxylic acids is 1. The van der Waals surface area contributed by atoms with Crippen molar-refractivity contribution in [2.24, 2.45) is 23.1 Å². The Balaban J connectivity index is 5.32. The molecular formula is C24H44N8O8S. The van der Waals surface area contributed by atoms with Crippen LogP contribution in [0.25, 0.3) is 0 Å². The van der Waals surface area contributed by atoms with Crippen molar-refractivity contribution in [1.82, 2.24) is 26.6 Å². The lowest BCUT2D eigenvalue weighted by Crippen LogP contribution is -2.58. The zero-order valence-electron chi connectivity index (χ0n) is 23.8. The van der Waals surface area contributed by atoms with Crippen LogP contribution in [-0.2, 0) is 33.6 Å². The second-order valence-electron chi connectivity index (χ2n) is 9.90. The molecule has 0 aromatic heterocycles. The summed E-state index contributed by atoms with van der Waals surface area (Å²) in [5.41, 5.74) is 16.3. The van der Waals surface area contributed by atoms with Gasteiger partial charge in [0, 0.05) is 5.75 Å². The van der Waals surface area contributed by atoms with E-state index in [4.69, 9.17) is 17.2 Å². The number of thiol groups is 1. The van der Waals surface area contributed by atoms with Crippen LogP contribution < -0.4 is 43.8 Å². The average molecular weight is 605 g/mol. The molecule has 0 bridgehead atoms. The highest BCUT2D eigenvalue weighted by Crippen LogP contribution is 2.05. The summed E-state index contributed by atoms with van der Waals surface area (Å²) in [5, 5.41) is 21.2. The first kappa shape index (κ1) is 37.6. The minimum absolute atomic E-state index is 0.0571. The van der Waals surface area contributed by atoms with Crippen molar-refractivity contribution in [1.29, 1.82) is 0 Å². The molecule has 0 saturated heterocycles. The highest BCUT2D eigenvalue weighted by molar-refractivity contribution is 7.80. The smallest absolute Gasteiger partial charge is 0.326 e. The van der Waals surface area contributed by atoms with Gasteiger partial charge in [0.1, 0.15) is 30.2 Å². The van der Waals surface area contributed by atoms with E-state index < -0.39 is 90.0 Å². The Kier molecular flexibility index (Phi) is 17.2. The van der Waals surface area contributed by atoms with Crippen molar-refractivity contribution in [3.05, 3.63) is 0 Å². The van der Waals surface area contributed by atoms with E-state index in [-0.39, 0.29) is 12.2 Å². The Morgan fingerprint density at radius 3 is 1.68 bits per heavy atom. The molecule has 0 unspecified atom stereocenters. The van der Waals surface area contributed by atoms with Gasteiger partial charge in [-0.15, -0.1) is 0 Å². The standard InChI is InChI=1S/C24H44N8O8S/c1-11(2)18(24(39)40)32-23(38)16(9-17(27)33)31-20(35)13(4)28-19(34)12(3)29-22(37)15(7-5-6-8-25)30-21(36)14(26)10-41/h11-16,18,41H,5-10,25-26H2,1-4H3,(H2,27,33)(H,28,34)(H,29,37)(H,30,36)(H,31,35)(H,32,38)(H,39,40)/t12-,13-,14-,15-,16-,18-/m0/s1. The second kappa shape index (κ2) is 18.8. The number of unbranched alkanes of at least 4 members (excludes halogenated alkanes) is 1. The number of amides is 6. The molecule has 0 radical (unpaired) electrons. The molecule has 0 saturated carbocycles. The molecule has 234 valence electrons. The molecular weight excluding hydrogens is 560 g/mol. The fraction of sp³-hybridized carbons (Fsp3) is 0.708. The topological polar surface area (TPSA) is 278 Å². The van der Waals surface area contributed by atoms with Crippen LogP contribution in [0.5, 0.6) is 0 Å². The Morgan fingerprint density at radius 2 is 1.22 bits per heavy atom. The number of carbonyl (C=O) groups is 7. The lowest BCUT2D eigenvalue weighted by atomic mass is 10.0. The van der Waals surface area contributed by atoms with Crippen LogP contribution in [0.1, 0.15) is 53.4 Å². The molecule has 6 atom stereocenters. The van der Waals surface area contributed by atoms with Gasteiger partial charge in [-0.1, -0.05) is 13.8 Å². The number of nitrogens with two attached hydrogens (primary N) is 3. The van der Waals surface area contributed by atoms with E-state index in [1.807, 2.05) is 0 Å². The van der Waals surface area contributed by atoms with Gasteiger partial charge in [0.05, 0.1) is 12.5 Å². The molecule has 6 amide bonds. The Labute approximate surface area is 244 Å². The van der Waals surface area contributed by atoms with E-state index in [2.05, 4.69) is 39.2 Å². The molecule has 0 aliphatic rings. The lowest BCUT2D eigenvalue weighted by molar-refractivity contribution is -0.143. The molecule has 12 N–H and O–H groups in total. The zero-order valence-corrected chi connectivity index (χ0v) is 24.7. The summed E-state index contributed by atoms with van der Waals surface area (Å²) in [5.74, 6) is -6.50. The SMILES string of the molecule is CC(C)[C@H](NC(=O)[C@H](CC(N)=O)NC(=O)[C@H](C)NC(=O)[C@H](C)NC(=O)[C@H](CCCCN)NC(=O)[C@@H](N)CS)C(=O)O. The molecule has 16 nitrogen and oxygen atoms in total. The van der Waals surface area contributed by atoms with Crippen molar-refractivity contribution in [3.63, 3.8) is 0 Å². The van der Waals surface area contributed by atoms with Gasteiger partial charge in [-0.2, -0.15) is 12.6 Å². The van der Waals surface area contributed by atoms with Crippen LogP contribution >= 0.6 is 12.6 Å². The van der Waals surface area contributed by atoms with E-state index >= 15 is 0 Å². The number of carboxylic acid groups (broad SMARTS) is 1. The number of primary amides is 1. The van der Waals surface area contributed by atoms with Crippen molar-refractivity contribution in [3.8, 4) is 0 Å². The Morgan fingerprint density at radius 1 is 0.732 bits per heavy atom. The largest absolute Gasteiger partial charge is 0.480 e. The van der Waals surface area contributed by atoms with E-state index in [9.17, 15) is 38.7 Å². The highest BCUT2D eigenvalue weighted by Gasteiger charge is 2.31. The first-order valence-corrected chi connectivity index (χ1v) is 13.8. The minimum atomic E-state index is -1.50. The lowest BCUT2D eigenvalue weighted by Gasteiger charge is -2.25. The first-order chi connectivity index (χ1) is 19.0. The van der Waals surface area contributed by atoms with Gasteiger partial charge in [-0.05, 0) is 45.6 Å². The zero-order chi connectivity index (χ0) is 31.9. The third kappa shape index (κ3) is 14.1. The first-order valence-electron chi connectivity index (χ1n) is 13.1. The number of nitrogens with one attached hydrogen (secondary N) is 5. The molecule has 0 aliphatic heterocycles. The number of hydrogen-bond donors (Lipinski definition) is 10. The van der Waals surface area contributed by atoms with Crippen molar-refractivity contribution in [2.45, 2.75) is 89.6 Å². The van der Waals surface area contributed by atoms with Gasteiger partial charge >= 0.3 is 5.97 Å². The van der Waals surface area contributed by atoms with Crippen LogP contribution in [0, 0.1) is 5.92 Å². The third-order valence-electron chi connectivity index (χ3n) is 5.89. The summed E-state index contributed by atoms with van der Waals surface area (Å²) < 4.78 is 0. The number of rotatable bonds is 19. The molecule has 41 heavy (non-hydrogen) atoms. The van der Waals surface area contributed by atoms with Crippen LogP contribution in [0.2, 0.25) is 0 Å². The Hall–Kier alpha value is -3.44. The van der Waals surface area contributed by atoms with Gasteiger partial charge in [0.2, 0.25) is 35.4 Å². The molecule has 0 spiro atoms. The predicted octanol–water partition coefficient (Wildman–Crippen LogP) is -3.55. The quantitative estimate of drug-likeness (QED) is 0.0512. The molecule has 0 rings (SSSR count). The monoisotopic (exact) mass is 604 g/mol. The maximum absolute atomic E-state index is 12.8. The van der Waals surface area contributed by atoms with Gasteiger partial charge in [0.25, 0.3) is 0 Å². The fourth-order valence-corrected chi connectivity index (χ4v) is 3.55. The Bertz CT molecular complexity index is 951.